The van der Waals surface area contributed by atoms with E-state index < -0.39 is 17.5 Å². The first-order chi connectivity index (χ1) is 8.00. The van der Waals surface area contributed by atoms with Gasteiger partial charge < -0.3 is 5.73 Å². The van der Waals surface area contributed by atoms with Crippen molar-refractivity contribution >= 4 is 17.5 Å². The van der Waals surface area contributed by atoms with Crippen LogP contribution in [0.5, 0.6) is 0 Å². The number of nitrogens with zero attached hydrogens (tertiary/aromatic N) is 2. The lowest BCUT2D eigenvalue weighted by Gasteiger charge is -2.22. The van der Waals surface area contributed by atoms with Gasteiger partial charge in [-0.05, 0) is 13.3 Å². The molecule has 90 valence electrons. The minimum Gasteiger partial charge on any atom is -0.393 e. The van der Waals surface area contributed by atoms with Crippen molar-refractivity contribution in [2.75, 3.05) is 5.73 Å². The van der Waals surface area contributed by atoms with Crippen molar-refractivity contribution in [3.05, 3.63) is 22.4 Å². The van der Waals surface area contributed by atoms with Gasteiger partial charge in [0.05, 0.1) is 12.0 Å². The summed E-state index contributed by atoms with van der Waals surface area (Å²) in [4.78, 5) is 38.4. The second kappa shape index (κ2) is 4.00. The zero-order valence-corrected chi connectivity index (χ0v) is 9.27. The van der Waals surface area contributed by atoms with Gasteiger partial charge in [-0.15, -0.1) is 0 Å². The highest BCUT2D eigenvalue weighted by atomic mass is 16.2. The van der Waals surface area contributed by atoms with Crippen molar-refractivity contribution in [3.8, 4) is 0 Å². The highest BCUT2D eigenvalue weighted by Crippen LogP contribution is 2.16. The second-order valence-electron chi connectivity index (χ2n) is 3.92. The molecule has 1 fully saturated rings. The normalized spacial score (nSPS) is 20.2. The van der Waals surface area contributed by atoms with E-state index in [0.29, 0.717) is 5.69 Å². The number of hydrogen-bond donors (Lipinski definition) is 2. The monoisotopic (exact) mass is 236 g/mol. The van der Waals surface area contributed by atoms with Crippen molar-refractivity contribution < 1.29 is 9.59 Å². The molecule has 1 aliphatic heterocycles. The summed E-state index contributed by atoms with van der Waals surface area (Å²) in [5.74, 6) is -0.819. The van der Waals surface area contributed by atoms with Crippen LogP contribution in [0.4, 0.5) is 5.69 Å². The van der Waals surface area contributed by atoms with Crippen molar-refractivity contribution in [1.82, 2.24) is 14.9 Å². The first-order valence-corrected chi connectivity index (χ1v) is 5.17. The van der Waals surface area contributed by atoms with Crippen molar-refractivity contribution in [2.24, 2.45) is 0 Å². The quantitative estimate of drug-likeness (QED) is 0.615. The Labute approximate surface area is 96.6 Å². The van der Waals surface area contributed by atoms with E-state index in [1.807, 2.05) is 0 Å². The fourth-order valence-corrected chi connectivity index (χ4v) is 1.73. The number of piperidine rings is 1. The smallest absolute Gasteiger partial charge is 0.277 e. The molecule has 3 N–H and O–H groups in total. The number of hydrogen-bond acceptors (Lipinski definition) is 5. The molecular formula is C10H12N4O3. The molecule has 0 aliphatic carbocycles. The number of nitrogens with two attached hydrogens (primary N) is 1. The summed E-state index contributed by atoms with van der Waals surface area (Å²) in [6.07, 6.45) is 1.78. The number of nitrogen functional groups attached to an aromatic ring is 1. The van der Waals surface area contributed by atoms with Crippen LogP contribution in [0.1, 0.15) is 24.6 Å². The molecule has 7 nitrogen and oxygen atoms in total. The Morgan fingerprint density at radius 3 is 2.82 bits per heavy atom. The fourth-order valence-electron chi connectivity index (χ4n) is 1.73. The number of rotatable bonds is 1. The van der Waals surface area contributed by atoms with E-state index in [9.17, 15) is 14.4 Å². The van der Waals surface area contributed by atoms with Gasteiger partial charge >= 0.3 is 0 Å². The molecule has 0 saturated carbocycles. The van der Waals surface area contributed by atoms with Crippen LogP contribution in [0.25, 0.3) is 0 Å². The molecule has 1 atom stereocenters. The molecule has 2 heterocycles. The predicted octanol–water partition coefficient (Wildman–Crippen LogP) is -0.888. The number of nitrogens with one attached hydrogen (secondary N) is 1. The van der Waals surface area contributed by atoms with Crippen LogP contribution in [-0.4, -0.2) is 21.4 Å². The lowest BCUT2D eigenvalue weighted by molar-refractivity contribution is -0.135. The Morgan fingerprint density at radius 2 is 2.18 bits per heavy atom. The average molecular weight is 236 g/mol. The highest BCUT2D eigenvalue weighted by Gasteiger charge is 2.29. The van der Waals surface area contributed by atoms with Gasteiger partial charge in [0.1, 0.15) is 11.7 Å². The van der Waals surface area contributed by atoms with E-state index in [1.165, 1.54) is 10.9 Å². The van der Waals surface area contributed by atoms with E-state index in [2.05, 4.69) is 10.3 Å². The largest absolute Gasteiger partial charge is 0.393 e. The Bertz CT molecular complexity index is 549. The van der Waals surface area contributed by atoms with Crippen LogP contribution in [-0.2, 0) is 9.59 Å². The average Bonchev–Trinajstić information content (AvgIpc) is 2.28. The Morgan fingerprint density at radius 1 is 1.47 bits per heavy atom. The molecule has 1 saturated heterocycles. The third kappa shape index (κ3) is 1.91. The lowest BCUT2D eigenvalue weighted by atomic mass is 10.1. The van der Waals surface area contributed by atoms with Crippen LogP contribution in [0, 0.1) is 6.92 Å². The summed E-state index contributed by atoms with van der Waals surface area (Å²) in [5.41, 5.74) is 5.57. The first-order valence-electron chi connectivity index (χ1n) is 5.17. The van der Waals surface area contributed by atoms with Crippen LogP contribution < -0.4 is 16.6 Å². The molecule has 1 unspecified atom stereocenters. The molecule has 17 heavy (non-hydrogen) atoms. The molecule has 0 aromatic carbocycles. The van der Waals surface area contributed by atoms with Crippen molar-refractivity contribution in [1.29, 1.82) is 0 Å². The number of amides is 2. The maximum Gasteiger partial charge on any atom is 0.277 e. The second-order valence-corrected chi connectivity index (χ2v) is 3.92. The molecular weight excluding hydrogens is 224 g/mol. The fraction of sp³-hybridized carbons (Fsp3) is 0.400. The minimum absolute atomic E-state index is 0.0252. The molecule has 0 bridgehead atoms. The van der Waals surface area contributed by atoms with E-state index in [-0.39, 0.29) is 24.4 Å². The zero-order chi connectivity index (χ0) is 12.6. The van der Waals surface area contributed by atoms with Gasteiger partial charge in [0.15, 0.2) is 0 Å². The van der Waals surface area contributed by atoms with Gasteiger partial charge in [-0.25, -0.2) is 4.98 Å². The van der Waals surface area contributed by atoms with Gasteiger partial charge in [-0.1, -0.05) is 0 Å². The van der Waals surface area contributed by atoms with Crippen molar-refractivity contribution in [2.45, 2.75) is 25.8 Å². The topological polar surface area (TPSA) is 107 Å². The number of aromatic nitrogens is 2. The maximum absolute atomic E-state index is 11.8. The minimum atomic E-state index is -0.712. The summed E-state index contributed by atoms with van der Waals surface area (Å²) < 4.78 is 1.17. The molecule has 2 rings (SSSR count). The standard InChI is InChI=1S/C10H12N4O3/c1-5-8(11)10(17)14(4-12-5)6-2-3-7(15)13-9(6)16/h4,6H,2-3,11H2,1H3,(H,13,15,16). The molecule has 7 heteroatoms. The molecule has 1 aromatic heterocycles. The number of aryl methyl sites for hydroxylation is 1. The lowest BCUT2D eigenvalue weighted by Crippen LogP contribution is -2.44. The first kappa shape index (κ1) is 11.3. The summed E-state index contributed by atoms with van der Waals surface area (Å²) >= 11 is 0. The molecule has 1 aromatic rings. The van der Waals surface area contributed by atoms with E-state index >= 15 is 0 Å². The highest BCUT2D eigenvalue weighted by molar-refractivity contribution is 5.99. The number of imide groups is 1. The Balaban J connectivity index is 2.42. The number of carbonyl (C=O) groups is 2. The van der Waals surface area contributed by atoms with Crippen LogP contribution in [0.3, 0.4) is 0 Å². The van der Waals surface area contributed by atoms with E-state index in [4.69, 9.17) is 5.73 Å². The van der Waals surface area contributed by atoms with Crippen molar-refractivity contribution in [3.63, 3.8) is 0 Å². The third-order valence-electron chi connectivity index (χ3n) is 2.78. The molecule has 2 amide bonds. The summed E-state index contributed by atoms with van der Waals surface area (Å²) in [7, 11) is 0. The maximum atomic E-state index is 11.8. The Hall–Kier alpha value is -2.18. The number of anilines is 1. The zero-order valence-electron chi connectivity index (χ0n) is 9.27. The predicted molar refractivity (Wildman–Crippen MR) is 59.1 cm³/mol. The van der Waals surface area contributed by atoms with Gasteiger partial charge in [0, 0.05) is 6.42 Å². The van der Waals surface area contributed by atoms with Gasteiger partial charge in [0.2, 0.25) is 11.8 Å². The van der Waals surface area contributed by atoms with E-state index in [1.54, 1.807) is 6.92 Å². The van der Waals surface area contributed by atoms with E-state index in [0.717, 1.165) is 0 Å². The summed E-state index contributed by atoms with van der Waals surface area (Å²) in [6.45, 7) is 1.62. The number of carbonyl (C=O) groups excluding carboxylic acids is 2. The SMILES string of the molecule is Cc1ncn(C2CCC(=O)NC2=O)c(=O)c1N. The van der Waals surface area contributed by atoms with Gasteiger partial charge in [-0.3, -0.25) is 24.3 Å². The van der Waals surface area contributed by atoms with Gasteiger partial charge in [0.25, 0.3) is 5.56 Å². The van der Waals surface area contributed by atoms with Crippen LogP contribution in [0.2, 0.25) is 0 Å². The van der Waals surface area contributed by atoms with Gasteiger partial charge in [-0.2, -0.15) is 0 Å². The molecule has 0 radical (unpaired) electrons. The molecule has 0 spiro atoms. The molecule has 1 aliphatic rings. The summed E-state index contributed by atoms with van der Waals surface area (Å²) in [6, 6.07) is -0.712. The summed E-state index contributed by atoms with van der Waals surface area (Å²) in [5, 5.41) is 2.18. The van der Waals surface area contributed by atoms with Crippen LogP contribution >= 0.6 is 0 Å². The third-order valence-corrected chi connectivity index (χ3v) is 2.78. The Kier molecular flexibility index (Phi) is 2.66. The van der Waals surface area contributed by atoms with Crippen LogP contribution in [0.15, 0.2) is 11.1 Å².